The Bertz CT molecular complexity index is 846. The molecule has 0 aliphatic rings. The van der Waals surface area contributed by atoms with E-state index in [1.165, 1.54) is 56.7 Å². The van der Waals surface area contributed by atoms with Crippen LogP contribution in [0.4, 0.5) is 0 Å². The molecule has 2 rings (SSSR count). The summed E-state index contributed by atoms with van der Waals surface area (Å²) in [4.78, 5) is 26.1. The lowest BCUT2D eigenvalue weighted by molar-refractivity contribution is -0.137. The molecule has 2 aromatic rings. The van der Waals surface area contributed by atoms with E-state index in [0.717, 1.165) is 42.7 Å². The van der Waals surface area contributed by atoms with E-state index in [9.17, 15) is 14.7 Å². The Morgan fingerprint density at radius 3 is 1.88 bits per heavy atom. The average molecular weight is 453 g/mol. The van der Waals surface area contributed by atoms with Crippen molar-refractivity contribution in [3.05, 3.63) is 60.8 Å². The quantitative estimate of drug-likeness (QED) is 0.159. The van der Waals surface area contributed by atoms with Crippen LogP contribution in [-0.2, 0) is 14.6 Å². The molecule has 1 radical (unpaired) electrons. The minimum absolute atomic E-state index is 0.152. The molecule has 0 saturated heterocycles. The first kappa shape index (κ1) is 26.1. The molecule has 0 atom stereocenters. The monoisotopic (exact) mass is 452 g/mol. The second-order valence-electron chi connectivity index (χ2n) is 8.00. The first-order valence-electron chi connectivity index (χ1n) is 11.8. The molecule has 177 valence electrons. The lowest BCUT2D eigenvalue weighted by atomic mass is 10.1. The highest BCUT2D eigenvalue weighted by Crippen LogP contribution is 2.20. The van der Waals surface area contributed by atoms with Crippen LogP contribution in [0.15, 0.2) is 55.3 Å². The Balaban J connectivity index is 1.46. The fourth-order valence-electron chi connectivity index (χ4n) is 3.45. The zero-order valence-electron chi connectivity index (χ0n) is 19.3. The highest BCUT2D eigenvalue weighted by Gasteiger charge is 2.06. The maximum atomic E-state index is 10.9. The Morgan fingerprint density at radius 2 is 1.36 bits per heavy atom. The summed E-state index contributed by atoms with van der Waals surface area (Å²) in [5.74, 6) is -0.782. The van der Waals surface area contributed by atoms with Gasteiger partial charge in [0.2, 0.25) is 0 Å². The molecule has 0 spiro atoms. The predicted octanol–water partition coefficient (Wildman–Crippen LogP) is 6.33. The molecular weight excluding hydrogens is 418 g/mol. The molecule has 0 aliphatic carbocycles. The van der Waals surface area contributed by atoms with Crippen molar-refractivity contribution >= 4 is 11.9 Å². The van der Waals surface area contributed by atoms with Gasteiger partial charge in [-0.3, -0.25) is 4.98 Å². The van der Waals surface area contributed by atoms with E-state index in [0.29, 0.717) is 13.2 Å². The van der Waals surface area contributed by atoms with Gasteiger partial charge in [0.25, 0.3) is 0 Å². The minimum atomic E-state index is -1.18. The van der Waals surface area contributed by atoms with E-state index >= 15 is 0 Å². The number of carbonyl (C=O) groups is 2. The van der Waals surface area contributed by atoms with Crippen molar-refractivity contribution in [2.45, 2.75) is 64.2 Å². The van der Waals surface area contributed by atoms with Crippen LogP contribution in [0.1, 0.15) is 74.6 Å². The van der Waals surface area contributed by atoms with Crippen LogP contribution in [-0.4, -0.2) is 30.1 Å². The summed E-state index contributed by atoms with van der Waals surface area (Å²) in [7, 11) is 0. The van der Waals surface area contributed by atoms with Crippen molar-refractivity contribution < 1.29 is 24.2 Å². The van der Waals surface area contributed by atoms with Crippen LogP contribution >= 0.6 is 0 Å². The van der Waals surface area contributed by atoms with Gasteiger partial charge in [-0.2, -0.15) is 0 Å². The SMILES string of the molecule is C=CC(=O)OCCCCCCCCCCCCOc1ccc(-c2ccc(C([O])=O)cc2)nc1. The van der Waals surface area contributed by atoms with Crippen molar-refractivity contribution in [2.24, 2.45) is 0 Å². The van der Waals surface area contributed by atoms with Gasteiger partial charge in [0.05, 0.1) is 30.7 Å². The van der Waals surface area contributed by atoms with Crippen LogP contribution < -0.4 is 4.74 Å². The van der Waals surface area contributed by atoms with E-state index in [4.69, 9.17) is 9.47 Å². The second kappa shape index (κ2) is 15.6. The van der Waals surface area contributed by atoms with Gasteiger partial charge in [-0.1, -0.05) is 70.1 Å². The molecule has 6 nitrogen and oxygen atoms in total. The molecule has 33 heavy (non-hydrogen) atoms. The number of pyridine rings is 1. The molecule has 0 bridgehead atoms. The Hall–Kier alpha value is -3.15. The summed E-state index contributed by atoms with van der Waals surface area (Å²) in [5.41, 5.74) is 1.77. The predicted molar refractivity (Wildman–Crippen MR) is 128 cm³/mol. The Kier molecular flexibility index (Phi) is 12.4. The van der Waals surface area contributed by atoms with Gasteiger partial charge < -0.3 is 9.47 Å². The molecule has 0 fully saturated rings. The van der Waals surface area contributed by atoms with Gasteiger partial charge in [0, 0.05) is 11.6 Å². The van der Waals surface area contributed by atoms with Gasteiger partial charge in [0.15, 0.2) is 0 Å². The molecule has 0 N–H and O–H groups in total. The minimum Gasteiger partial charge on any atom is -0.492 e. The van der Waals surface area contributed by atoms with Crippen molar-refractivity contribution in [3.63, 3.8) is 0 Å². The van der Waals surface area contributed by atoms with Gasteiger partial charge in [-0.05, 0) is 37.1 Å². The summed E-state index contributed by atoms with van der Waals surface area (Å²) in [6.45, 7) is 4.55. The number of aromatic nitrogens is 1. The highest BCUT2D eigenvalue weighted by atomic mass is 16.5. The van der Waals surface area contributed by atoms with Gasteiger partial charge in [-0.25, -0.2) is 14.7 Å². The zero-order valence-corrected chi connectivity index (χ0v) is 19.3. The number of rotatable bonds is 17. The summed E-state index contributed by atoms with van der Waals surface area (Å²) in [6.07, 6.45) is 14.5. The van der Waals surface area contributed by atoms with Crippen LogP contribution in [0, 0.1) is 0 Å². The van der Waals surface area contributed by atoms with Crippen molar-refractivity contribution in [3.8, 4) is 17.0 Å². The largest absolute Gasteiger partial charge is 0.492 e. The van der Waals surface area contributed by atoms with E-state index in [-0.39, 0.29) is 11.5 Å². The molecule has 0 unspecified atom stereocenters. The Morgan fingerprint density at radius 1 is 0.788 bits per heavy atom. The summed E-state index contributed by atoms with van der Waals surface area (Å²) >= 11 is 0. The van der Waals surface area contributed by atoms with Crippen LogP contribution in [0.3, 0.4) is 0 Å². The number of ether oxygens (including phenoxy) is 2. The van der Waals surface area contributed by atoms with E-state index < -0.39 is 5.97 Å². The van der Waals surface area contributed by atoms with Crippen LogP contribution in [0.25, 0.3) is 11.3 Å². The van der Waals surface area contributed by atoms with E-state index in [1.807, 2.05) is 12.1 Å². The number of unbranched alkanes of at least 4 members (excludes halogenated alkanes) is 9. The summed E-state index contributed by atoms with van der Waals surface area (Å²) < 4.78 is 10.7. The van der Waals surface area contributed by atoms with Gasteiger partial charge >= 0.3 is 11.9 Å². The first-order valence-corrected chi connectivity index (χ1v) is 11.8. The zero-order chi connectivity index (χ0) is 23.7. The smallest absolute Gasteiger partial charge is 0.386 e. The van der Waals surface area contributed by atoms with E-state index in [2.05, 4.69) is 11.6 Å². The third kappa shape index (κ3) is 10.8. The molecule has 1 aromatic heterocycles. The fourth-order valence-corrected chi connectivity index (χ4v) is 3.45. The first-order chi connectivity index (χ1) is 16.1. The molecule has 1 heterocycles. The number of hydrogen-bond acceptors (Lipinski definition) is 5. The maximum absolute atomic E-state index is 10.9. The van der Waals surface area contributed by atoms with Crippen molar-refractivity contribution in [1.29, 1.82) is 0 Å². The number of carbonyl (C=O) groups excluding carboxylic acids is 2. The number of esters is 1. The normalized spacial score (nSPS) is 10.5. The van der Waals surface area contributed by atoms with Crippen LogP contribution in [0.2, 0.25) is 0 Å². The van der Waals surface area contributed by atoms with Crippen molar-refractivity contribution in [2.75, 3.05) is 13.2 Å². The second-order valence-corrected chi connectivity index (χ2v) is 8.00. The molecule has 0 aliphatic heterocycles. The van der Waals surface area contributed by atoms with Gasteiger partial charge in [0.1, 0.15) is 5.75 Å². The number of hydrogen-bond donors (Lipinski definition) is 0. The highest BCUT2D eigenvalue weighted by molar-refractivity contribution is 5.87. The topological polar surface area (TPSA) is 85.4 Å². The number of benzene rings is 1. The van der Waals surface area contributed by atoms with Crippen LogP contribution in [0.5, 0.6) is 5.75 Å². The molecule has 1 aromatic carbocycles. The van der Waals surface area contributed by atoms with E-state index in [1.54, 1.807) is 18.3 Å². The third-order valence-electron chi connectivity index (χ3n) is 5.37. The lowest BCUT2D eigenvalue weighted by Gasteiger charge is -2.07. The molecule has 0 saturated carbocycles. The summed E-state index contributed by atoms with van der Waals surface area (Å²) in [5, 5.41) is 10.8. The fraction of sp³-hybridized carbons (Fsp3) is 0.444. The number of nitrogens with zero attached hydrogens (tertiary/aromatic N) is 1. The average Bonchev–Trinajstić information content (AvgIpc) is 2.84. The van der Waals surface area contributed by atoms with Gasteiger partial charge in [-0.15, -0.1) is 0 Å². The standard InChI is InChI=1S/C27H34NO5/c1-2-26(29)33-20-12-10-8-6-4-3-5-7-9-11-19-32-24-17-18-25(28-21-24)22-13-15-23(16-14-22)27(30)31/h2,13-18,21H,1,3-12,19-20H2. The molecule has 6 heteroatoms. The maximum Gasteiger partial charge on any atom is 0.386 e. The summed E-state index contributed by atoms with van der Waals surface area (Å²) in [6, 6.07) is 10.2. The molecule has 0 amide bonds. The molecular formula is C27H34NO5. The third-order valence-corrected chi connectivity index (χ3v) is 5.37. The Labute approximate surface area is 196 Å². The van der Waals surface area contributed by atoms with Crippen molar-refractivity contribution in [1.82, 2.24) is 4.98 Å². The lowest BCUT2D eigenvalue weighted by Crippen LogP contribution is -2.01.